The Morgan fingerprint density at radius 3 is 2.62 bits per heavy atom. The van der Waals surface area contributed by atoms with Crippen molar-refractivity contribution in [3.05, 3.63) is 54.3 Å². The molecule has 0 bridgehead atoms. The van der Waals surface area contributed by atoms with Gasteiger partial charge in [-0.1, -0.05) is 24.8 Å². The van der Waals surface area contributed by atoms with Gasteiger partial charge < -0.3 is 9.84 Å². The Labute approximate surface area is 92.5 Å². The minimum Gasteiger partial charge on any atom is -0.478 e. The lowest BCUT2D eigenvalue weighted by Gasteiger charge is -1.99. The topological polar surface area (TPSA) is 63.6 Å². The summed E-state index contributed by atoms with van der Waals surface area (Å²) in [6.45, 7) is 3.23. The monoisotopic (exact) mass is 218 g/mol. The highest BCUT2D eigenvalue weighted by atomic mass is 16.5. The molecule has 0 amide bonds. The van der Waals surface area contributed by atoms with Crippen molar-refractivity contribution in [2.45, 2.75) is 0 Å². The van der Waals surface area contributed by atoms with E-state index in [4.69, 9.17) is 5.11 Å². The number of carbonyl (C=O) groups excluding carboxylic acids is 1. The molecule has 1 aromatic rings. The zero-order valence-electron chi connectivity index (χ0n) is 8.42. The molecule has 0 saturated carbocycles. The number of aromatic carboxylic acids is 1. The Kier molecular flexibility index (Phi) is 4.03. The zero-order chi connectivity index (χ0) is 12.0. The van der Waals surface area contributed by atoms with Crippen molar-refractivity contribution in [3.8, 4) is 0 Å². The molecule has 4 nitrogen and oxygen atoms in total. The molecular formula is C12H10O4. The van der Waals surface area contributed by atoms with Crippen molar-refractivity contribution < 1.29 is 19.4 Å². The van der Waals surface area contributed by atoms with Crippen molar-refractivity contribution in [1.29, 1.82) is 0 Å². The van der Waals surface area contributed by atoms with Gasteiger partial charge in [-0.2, -0.15) is 0 Å². The average molecular weight is 218 g/mol. The highest BCUT2D eigenvalue weighted by Gasteiger charge is 2.06. The SMILES string of the molecule is C=COC(=O)/C=C/c1ccccc1C(=O)O. The molecule has 0 radical (unpaired) electrons. The van der Waals surface area contributed by atoms with Gasteiger partial charge in [0.2, 0.25) is 0 Å². The number of ether oxygens (including phenoxy) is 1. The minimum atomic E-state index is -1.04. The van der Waals surface area contributed by atoms with Crippen LogP contribution in [0.4, 0.5) is 0 Å². The molecule has 1 rings (SSSR count). The molecule has 0 atom stereocenters. The predicted octanol–water partition coefficient (Wildman–Crippen LogP) is 2.08. The molecular weight excluding hydrogens is 208 g/mol. The highest BCUT2D eigenvalue weighted by Crippen LogP contribution is 2.10. The first kappa shape index (κ1) is 11.7. The highest BCUT2D eigenvalue weighted by molar-refractivity contribution is 5.94. The number of benzene rings is 1. The molecule has 0 aromatic heterocycles. The predicted molar refractivity (Wildman–Crippen MR) is 58.7 cm³/mol. The number of rotatable bonds is 4. The van der Waals surface area contributed by atoms with E-state index in [0.29, 0.717) is 5.56 Å². The van der Waals surface area contributed by atoms with E-state index < -0.39 is 11.9 Å². The molecule has 0 fully saturated rings. The van der Waals surface area contributed by atoms with Crippen molar-refractivity contribution in [1.82, 2.24) is 0 Å². The molecule has 0 spiro atoms. The van der Waals surface area contributed by atoms with Crippen LogP contribution < -0.4 is 0 Å². The van der Waals surface area contributed by atoms with Gasteiger partial charge in [-0.25, -0.2) is 9.59 Å². The number of carbonyl (C=O) groups is 2. The molecule has 16 heavy (non-hydrogen) atoms. The first-order chi connectivity index (χ1) is 7.65. The van der Waals surface area contributed by atoms with E-state index in [1.165, 1.54) is 12.1 Å². The second-order valence-electron chi connectivity index (χ2n) is 2.83. The Hall–Kier alpha value is -2.36. The lowest BCUT2D eigenvalue weighted by Crippen LogP contribution is -1.99. The van der Waals surface area contributed by atoms with Crippen molar-refractivity contribution in [2.75, 3.05) is 0 Å². The third-order valence-electron chi connectivity index (χ3n) is 1.79. The second-order valence-corrected chi connectivity index (χ2v) is 2.83. The van der Waals surface area contributed by atoms with Gasteiger partial charge in [0.15, 0.2) is 0 Å². The second kappa shape index (κ2) is 5.50. The smallest absolute Gasteiger partial charge is 0.336 e. The van der Waals surface area contributed by atoms with Crippen LogP contribution in [0, 0.1) is 0 Å². The Bertz CT molecular complexity index is 446. The van der Waals surface area contributed by atoms with Crippen LogP contribution in [0.1, 0.15) is 15.9 Å². The van der Waals surface area contributed by atoms with Crippen LogP contribution in [0.25, 0.3) is 6.08 Å². The van der Waals surface area contributed by atoms with Crippen LogP contribution in [-0.2, 0) is 9.53 Å². The maximum atomic E-state index is 11.0. The van der Waals surface area contributed by atoms with Gasteiger partial charge in [-0.15, -0.1) is 0 Å². The van der Waals surface area contributed by atoms with Crippen molar-refractivity contribution >= 4 is 18.0 Å². The lowest BCUT2D eigenvalue weighted by molar-refractivity contribution is -0.132. The average Bonchev–Trinajstić information content (AvgIpc) is 2.27. The van der Waals surface area contributed by atoms with Crippen LogP contribution in [-0.4, -0.2) is 17.0 Å². The van der Waals surface area contributed by atoms with Gasteiger partial charge in [-0.05, 0) is 17.7 Å². The maximum Gasteiger partial charge on any atom is 0.336 e. The molecule has 0 aliphatic heterocycles. The van der Waals surface area contributed by atoms with Crippen molar-refractivity contribution in [3.63, 3.8) is 0 Å². The summed E-state index contributed by atoms with van der Waals surface area (Å²) in [5.74, 6) is -1.65. The van der Waals surface area contributed by atoms with Crippen LogP contribution >= 0.6 is 0 Å². The molecule has 1 N–H and O–H groups in total. The van der Waals surface area contributed by atoms with Crippen LogP contribution in [0.2, 0.25) is 0 Å². The summed E-state index contributed by atoms with van der Waals surface area (Å²) in [6.07, 6.45) is 3.54. The van der Waals surface area contributed by atoms with Gasteiger partial charge in [0, 0.05) is 6.08 Å². The van der Waals surface area contributed by atoms with Crippen LogP contribution in [0.5, 0.6) is 0 Å². The summed E-state index contributed by atoms with van der Waals surface area (Å²) in [6, 6.07) is 6.36. The fourth-order valence-electron chi connectivity index (χ4n) is 1.12. The number of hydrogen-bond donors (Lipinski definition) is 1. The van der Waals surface area contributed by atoms with E-state index in [1.54, 1.807) is 18.2 Å². The first-order valence-corrected chi connectivity index (χ1v) is 4.47. The largest absolute Gasteiger partial charge is 0.478 e. The van der Waals surface area contributed by atoms with Gasteiger partial charge in [0.25, 0.3) is 0 Å². The molecule has 0 aliphatic rings. The van der Waals surface area contributed by atoms with Crippen LogP contribution in [0.3, 0.4) is 0 Å². The lowest BCUT2D eigenvalue weighted by atomic mass is 10.1. The number of hydrogen-bond acceptors (Lipinski definition) is 3. The van der Waals surface area contributed by atoms with E-state index >= 15 is 0 Å². The van der Waals surface area contributed by atoms with E-state index in [0.717, 1.165) is 12.3 Å². The Morgan fingerprint density at radius 2 is 2.00 bits per heavy atom. The summed E-state index contributed by atoms with van der Waals surface area (Å²) < 4.78 is 4.45. The summed E-state index contributed by atoms with van der Waals surface area (Å²) >= 11 is 0. The molecule has 0 saturated heterocycles. The van der Waals surface area contributed by atoms with Crippen LogP contribution in [0.15, 0.2) is 43.2 Å². The molecule has 0 heterocycles. The fourth-order valence-corrected chi connectivity index (χ4v) is 1.12. The summed E-state index contributed by atoms with van der Waals surface area (Å²) in [5.41, 5.74) is 0.571. The summed E-state index contributed by atoms with van der Waals surface area (Å²) in [4.78, 5) is 21.8. The van der Waals surface area contributed by atoms with E-state index in [-0.39, 0.29) is 5.56 Å². The Balaban J connectivity index is 2.92. The molecule has 1 aromatic carbocycles. The van der Waals surface area contributed by atoms with Crippen molar-refractivity contribution in [2.24, 2.45) is 0 Å². The number of carboxylic acid groups (broad SMARTS) is 1. The van der Waals surface area contributed by atoms with E-state index in [1.807, 2.05) is 0 Å². The minimum absolute atomic E-state index is 0.130. The number of esters is 1. The normalized spacial score (nSPS) is 10.0. The standard InChI is InChI=1S/C12H10O4/c1-2-16-11(13)8-7-9-5-3-4-6-10(9)12(14)15/h2-8H,1H2,(H,14,15)/b8-7+. The Morgan fingerprint density at radius 1 is 1.31 bits per heavy atom. The van der Waals surface area contributed by atoms with Gasteiger partial charge in [-0.3, -0.25) is 0 Å². The first-order valence-electron chi connectivity index (χ1n) is 4.47. The fraction of sp³-hybridized carbons (Fsp3) is 0. The molecule has 0 aliphatic carbocycles. The summed E-state index contributed by atoms with van der Waals surface area (Å²) in [5, 5.41) is 8.87. The zero-order valence-corrected chi connectivity index (χ0v) is 8.42. The van der Waals surface area contributed by atoms with E-state index in [9.17, 15) is 9.59 Å². The number of carboxylic acids is 1. The quantitative estimate of drug-likeness (QED) is 0.477. The molecule has 4 heteroatoms. The molecule has 0 unspecified atom stereocenters. The van der Waals surface area contributed by atoms with Gasteiger partial charge in [0.05, 0.1) is 11.8 Å². The summed E-state index contributed by atoms with van der Waals surface area (Å²) in [7, 11) is 0. The maximum absolute atomic E-state index is 11.0. The third-order valence-corrected chi connectivity index (χ3v) is 1.79. The van der Waals surface area contributed by atoms with Gasteiger partial charge in [0.1, 0.15) is 0 Å². The van der Waals surface area contributed by atoms with Gasteiger partial charge >= 0.3 is 11.9 Å². The third kappa shape index (κ3) is 3.09. The molecule has 82 valence electrons. The van der Waals surface area contributed by atoms with E-state index in [2.05, 4.69) is 11.3 Å².